The lowest BCUT2D eigenvalue weighted by atomic mass is 10.2. The highest BCUT2D eigenvalue weighted by Crippen LogP contribution is 2.20. The van der Waals surface area contributed by atoms with Gasteiger partial charge in [0.1, 0.15) is 0 Å². The smallest absolute Gasteiger partial charge is 0.335 e. The number of amides is 2. The molecule has 5 nitrogen and oxygen atoms in total. The Bertz CT molecular complexity index is 701. The zero-order valence-electron chi connectivity index (χ0n) is 11.2. The number of rotatable bonds is 3. The van der Waals surface area contributed by atoms with Crippen molar-refractivity contribution in [3.63, 3.8) is 0 Å². The van der Waals surface area contributed by atoms with Crippen LogP contribution in [-0.2, 0) is 0 Å². The molecule has 0 bridgehead atoms. The number of carbonyl (C=O) groups is 2. The van der Waals surface area contributed by atoms with Gasteiger partial charge in [-0.3, -0.25) is 0 Å². The topological polar surface area (TPSA) is 78.4 Å². The summed E-state index contributed by atoms with van der Waals surface area (Å²) in [5.74, 6) is -1.04. The van der Waals surface area contributed by atoms with E-state index in [1.54, 1.807) is 18.2 Å². The van der Waals surface area contributed by atoms with Crippen molar-refractivity contribution in [2.75, 3.05) is 10.6 Å². The van der Waals surface area contributed by atoms with Crippen molar-refractivity contribution in [3.8, 4) is 0 Å². The van der Waals surface area contributed by atoms with Crippen LogP contribution < -0.4 is 10.6 Å². The Morgan fingerprint density at radius 1 is 1.10 bits per heavy atom. The molecule has 0 aromatic heterocycles. The number of hydrogen-bond acceptors (Lipinski definition) is 2. The number of urea groups is 1. The lowest BCUT2D eigenvalue weighted by molar-refractivity contribution is 0.0697. The van der Waals surface area contributed by atoms with Crippen molar-refractivity contribution in [2.45, 2.75) is 6.92 Å². The summed E-state index contributed by atoms with van der Waals surface area (Å²) in [7, 11) is 0. The number of aryl methyl sites for hydroxylation is 1. The predicted molar refractivity (Wildman–Crippen MR) is 84.9 cm³/mol. The molecule has 21 heavy (non-hydrogen) atoms. The molecule has 3 N–H and O–H groups in total. The molecule has 0 unspecified atom stereocenters. The van der Waals surface area contributed by atoms with E-state index in [9.17, 15) is 9.59 Å². The summed E-state index contributed by atoms with van der Waals surface area (Å²) in [6.45, 7) is 1.88. The Hall–Kier alpha value is -2.34. The molecule has 0 atom stereocenters. The van der Waals surface area contributed by atoms with E-state index in [1.807, 2.05) is 19.1 Å². The predicted octanol–water partition coefficient (Wildman–Crippen LogP) is 4.10. The fourth-order valence-electron chi connectivity index (χ4n) is 1.78. The van der Waals surface area contributed by atoms with Gasteiger partial charge in [0.05, 0.1) is 5.56 Å². The van der Waals surface area contributed by atoms with Crippen LogP contribution in [-0.4, -0.2) is 17.1 Å². The minimum Gasteiger partial charge on any atom is -0.478 e. The molecule has 0 spiro atoms. The summed E-state index contributed by atoms with van der Waals surface area (Å²) < 4.78 is 0.931. The first-order valence-corrected chi connectivity index (χ1v) is 6.92. The number of hydrogen-bond donors (Lipinski definition) is 3. The first kappa shape index (κ1) is 15.1. The lowest BCUT2D eigenvalue weighted by Crippen LogP contribution is -2.20. The second kappa shape index (κ2) is 6.41. The van der Waals surface area contributed by atoms with Gasteiger partial charge in [0.25, 0.3) is 0 Å². The van der Waals surface area contributed by atoms with Crippen LogP contribution in [0, 0.1) is 6.92 Å². The molecule has 2 aromatic carbocycles. The molecule has 0 aliphatic heterocycles. The molecule has 0 heterocycles. The largest absolute Gasteiger partial charge is 0.478 e. The van der Waals surface area contributed by atoms with E-state index in [0.29, 0.717) is 11.4 Å². The third-order valence-electron chi connectivity index (χ3n) is 2.80. The monoisotopic (exact) mass is 348 g/mol. The van der Waals surface area contributed by atoms with Gasteiger partial charge in [-0.1, -0.05) is 22.0 Å². The summed E-state index contributed by atoms with van der Waals surface area (Å²) in [5, 5.41) is 14.2. The van der Waals surface area contributed by atoms with Crippen molar-refractivity contribution >= 4 is 39.3 Å². The van der Waals surface area contributed by atoms with E-state index in [2.05, 4.69) is 26.6 Å². The van der Waals surface area contributed by atoms with Crippen LogP contribution in [0.2, 0.25) is 0 Å². The van der Waals surface area contributed by atoms with Gasteiger partial charge in [-0.05, 0) is 48.9 Å². The fourth-order valence-corrected chi connectivity index (χ4v) is 2.26. The average Bonchev–Trinajstić information content (AvgIpc) is 2.42. The molecular formula is C15H13BrN2O3. The van der Waals surface area contributed by atoms with Crippen molar-refractivity contribution in [1.82, 2.24) is 0 Å². The molecule has 2 rings (SSSR count). The first-order valence-electron chi connectivity index (χ1n) is 6.13. The van der Waals surface area contributed by atoms with Crippen LogP contribution in [0.3, 0.4) is 0 Å². The van der Waals surface area contributed by atoms with E-state index in [-0.39, 0.29) is 5.56 Å². The average molecular weight is 349 g/mol. The third kappa shape index (κ3) is 4.06. The molecule has 0 aliphatic rings. The summed E-state index contributed by atoms with van der Waals surface area (Å²) >= 11 is 3.35. The van der Waals surface area contributed by atoms with Gasteiger partial charge in [0, 0.05) is 15.8 Å². The first-order chi connectivity index (χ1) is 9.95. The number of carbonyl (C=O) groups excluding carboxylic acids is 1. The standard InChI is InChI=1S/C15H13BrN2O3/c1-9-7-11(16)5-6-13(9)18-15(21)17-12-4-2-3-10(8-12)14(19)20/h2-8H,1H3,(H,19,20)(H2,17,18,21). The Morgan fingerprint density at radius 3 is 2.52 bits per heavy atom. The molecule has 2 amide bonds. The van der Waals surface area contributed by atoms with Crippen LogP contribution >= 0.6 is 15.9 Å². The quantitative estimate of drug-likeness (QED) is 0.781. The van der Waals surface area contributed by atoms with Crippen molar-refractivity contribution < 1.29 is 14.7 Å². The minimum atomic E-state index is -1.04. The number of benzene rings is 2. The normalized spacial score (nSPS) is 10.0. The highest BCUT2D eigenvalue weighted by Gasteiger charge is 2.07. The number of halogens is 1. The van der Waals surface area contributed by atoms with Crippen molar-refractivity contribution in [1.29, 1.82) is 0 Å². The number of aromatic carboxylic acids is 1. The van der Waals surface area contributed by atoms with E-state index in [1.165, 1.54) is 12.1 Å². The maximum Gasteiger partial charge on any atom is 0.335 e. The molecule has 0 aliphatic carbocycles. The minimum absolute atomic E-state index is 0.118. The van der Waals surface area contributed by atoms with Crippen molar-refractivity contribution in [3.05, 3.63) is 58.1 Å². The maximum atomic E-state index is 11.9. The highest BCUT2D eigenvalue weighted by atomic mass is 79.9. The maximum absolute atomic E-state index is 11.9. The van der Waals surface area contributed by atoms with E-state index in [0.717, 1.165) is 10.0 Å². The Kier molecular flexibility index (Phi) is 4.59. The molecular weight excluding hydrogens is 336 g/mol. The van der Waals surface area contributed by atoms with Crippen molar-refractivity contribution in [2.24, 2.45) is 0 Å². The Labute approximate surface area is 130 Å². The number of carboxylic acid groups (broad SMARTS) is 1. The van der Waals surface area contributed by atoms with Crippen LogP contribution in [0.1, 0.15) is 15.9 Å². The zero-order chi connectivity index (χ0) is 15.4. The van der Waals surface area contributed by atoms with Gasteiger partial charge in [-0.25, -0.2) is 9.59 Å². The summed E-state index contributed by atoms with van der Waals surface area (Å²) in [6.07, 6.45) is 0. The van der Waals surface area contributed by atoms with Crippen LogP contribution in [0.15, 0.2) is 46.9 Å². The van der Waals surface area contributed by atoms with Crippen LogP contribution in [0.25, 0.3) is 0 Å². The van der Waals surface area contributed by atoms with Gasteiger partial charge in [-0.15, -0.1) is 0 Å². The van der Waals surface area contributed by atoms with Gasteiger partial charge in [0.15, 0.2) is 0 Å². The molecule has 108 valence electrons. The molecule has 2 aromatic rings. The summed E-state index contributed by atoms with van der Waals surface area (Å²) in [6, 6.07) is 11.1. The second-order valence-electron chi connectivity index (χ2n) is 4.42. The van der Waals surface area contributed by atoms with Gasteiger partial charge < -0.3 is 15.7 Å². The van der Waals surface area contributed by atoms with E-state index in [4.69, 9.17) is 5.11 Å². The third-order valence-corrected chi connectivity index (χ3v) is 3.30. The highest BCUT2D eigenvalue weighted by molar-refractivity contribution is 9.10. The van der Waals surface area contributed by atoms with Crippen LogP contribution in [0.5, 0.6) is 0 Å². The SMILES string of the molecule is Cc1cc(Br)ccc1NC(=O)Nc1cccc(C(=O)O)c1. The Morgan fingerprint density at radius 2 is 1.86 bits per heavy atom. The fraction of sp³-hybridized carbons (Fsp3) is 0.0667. The number of anilines is 2. The second-order valence-corrected chi connectivity index (χ2v) is 5.34. The van der Waals surface area contributed by atoms with Gasteiger partial charge in [-0.2, -0.15) is 0 Å². The molecule has 0 fully saturated rings. The van der Waals surface area contributed by atoms with E-state index < -0.39 is 12.0 Å². The zero-order valence-corrected chi connectivity index (χ0v) is 12.8. The van der Waals surface area contributed by atoms with Gasteiger partial charge in [0.2, 0.25) is 0 Å². The molecule has 0 saturated heterocycles. The molecule has 6 heteroatoms. The number of carboxylic acids is 1. The number of nitrogens with one attached hydrogen (secondary N) is 2. The summed E-state index contributed by atoms with van der Waals surface area (Å²) in [4.78, 5) is 22.8. The van der Waals surface area contributed by atoms with Gasteiger partial charge >= 0.3 is 12.0 Å². The Balaban J connectivity index is 2.08. The lowest BCUT2D eigenvalue weighted by Gasteiger charge is -2.10. The molecule has 0 saturated carbocycles. The summed E-state index contributed by atoms with van der Waals surface area (Å²) in [5.41, 5.74) is 2.14. The van der Waals surface area contributed by atoms with E-state index >= 15 is 0 Å². The van der Waals surface area contributed by atoms with Crippen LogP contribution in [0.4, 0.5) is 16.2 Å². The molecule has 0 radical (unpaired) electrons.